The standard InChI is InChI=1S/C19H15FN2O4/c1-25-17-7-5-13(6-8-17)9-14(11-21)19(24)26-12-18(23)22-16-4-2-3-15(20)10-16/h2-10H,12H2,1H3,(H,22,23)/b14-9+. The van der Waals surface area contributed by atoms with Crippen LogP contribution in [0.5, 0.6) is 5.75 Å². The second-order valence-corrected chi connectivity index (χ2v) is 5.08. The number of rotatable bonds is 6. The minimum absolute atomic E-state index is 0.236. The summed E-state index contributed by atoms with van der Waals surface area (Å²) < 4.78 is 22.9. The van der Waals surface area contributed by atoms with Crippen LogP contribution in [0.3, 0.4) is 0 Å². The molecular weight excluding hydrogens is 339 g/mol. The van der Waals surface area contributed by atoms with Gasteiger partial charge in [-0.3, -0.25) is 4.79 Å². The summed E-state index contributed by atoms with van der Waals surface area (Å²) in [6, 6.07) is 13.7. The van der Waals surface area contributed by atoms with Gasteiger partial charge in [0, 0.05) is 5.69 Å². The number of esters is 1. The maximum Gasteiger partial charge on any atom is 0.349 e. The number of nitriles is 1. The quantitative estimate of drug-likeness (QED) is 0.489. The molecule has 0 aromatic heterocycles. The minimum atomic E-state index is -0.933. The molecule has 0 aliphatic rings. The Morgan fingerprint density at radius 2 is 1.96 bits per heavy atom. The van der Waals surface area contributed by atoms with Gasteiger partial charge in [0.15, 0.2) is 6.61 Å². The van der Waals surface area contributed by atoms with E-state index in [9.17, 15) is 14.0 Å². The van der Waals surface area contributed by atoms with Crippen molar-refractivity contribution in [2.24, 2.45) is 0 Å². The monoisotopic (exact) mass is 354 g/mol. The maximum absolute atomic E-state index is 13.0. The average molecular weight is 354 g/mol. The van der Waals surface area contributed by atoms with Crippen molar-refractivity contribution in [1.29, 1.82) is 5.26 Å². The zero-order valence-corrected chi connectivity index (χ0v) is 13.9. The molecular formula is C19H15FN2O4. The highest BCUT2D eigenvalue weighted by Gasteiger charge is 2.13. The molecule has 1 N–H and O–H groups in total. The fraction of sp³-hybridized carbons (Fsp3) is 0.105. The van der Waals surface area contributed by atoms with Crippen molar-refractivity contribution < 1.29 is 23.5 Å². The Kier molecular flexibility index (Phi) is 6.46. The Balaban J connectivity index is 1.94. The van der Waals surface area contributed by atoms with E-state index in [1.165, 1.54) is 31.4 Å². The van der Waals surface area contributed by atoms with Gasteiger partial charge in [-0.1, -0.05) is 18.2 Å². The molecule has 0 bridgehead atoms. The number of nitrogens with one attached hydrogen (secondary N) is 1. The van der Waals surface area contributed by atoms with Gasteiger partial charge in [0.2, 0.25) is 0 Å². The van der Waals surface area contributed by atoms with Crippen LogP contribution in [0.1, 0.15) is 5.56 Å². The number of anilines is 1. The molecule has 0 atom stereocenters. The van der Waals surface area contributed by atoms with Crippen molar-refractivity contribution in [2.75, 3.05) is 19.0 Å². The second-order valence-electron chi connectivity index (χ2n) is 5.08. The lowest BCUT2D eigenvalue weighted by Gasteiger charge is -2.06. The highest BCUT2D eigenvalue weighted by molar-refractivity contribution is 6.00. The van der Waals surface area contributed by atoms with Gasteiger partial charge < -0.3 is 14.8 Å². The molecule has 0 aliphatic heterocycles. The molecule has 1 amide bonds. The zero-order valence-electron chi connectivity index (χ0n) is 13.9. The van der Waals surface area contributed by atoms with E-state index in [-0.39, 0.29) is 11.3 Å². The first-order valence-electron chi connectivity index (χ1n) is 7.50. The van der Waals surface area contributed by atoms with Crippen LogP contribution in [-0.2, 0) is 14.3 Å². The summed E-state index contributed by atoms with van der Waals surface area (Å²) in [5, 5.41) is 11.5. The predicted octanol–water partition coefficient (Wildman–Crippen LogP) is 2.92. The summed E-state index contributed by atoms with van der Waals surface area (Å²) in [5.41, 5.74) is 0.581. The van der Waals surface area contributed by atoms with E-state index in [4.69, 9.17) is 14.7 Å². The smallest absolute Gasteiger partial charge is 0.349 e. The summed E-state index contributed by atoms with van der Waals surface area (Å²) in [5.74, 6) is -1.45. The van der Waals surface area contributed by atoms with Crippen molar-refractivity contribution in [1.82, 2.24) is 0 Å². The third-order valence-electron chi connectivity index (χ3n) is 3.21. The molecule has 2 aromatic rings. The lowest BCUT2D eigenvalue weighted by Crippen LogP contribution is -2.21. The van der Waals surface area contributed by atoms with E-state index < -0.39 is 24.3 Å². The number of hydrogen-bond acceptors (Lipinski definition) is 5. The van der Waals surface area contributed by atoms with Crippen LogP contribution in [0.25, 0.3) is 6.08 Å². The fourth-order valence-electron chi connectivity index (χ4n) is 1.98. The molecule has 0 radical (unpaired) electrons. The van der Waals surface area contributed by atoms with Gasteiger partial charge in [-0.25, -0.2) is 9.18 Å². The molecule has 0 aliphatic carbocycles. The molecule has 132 valence electrons. The van der Waals surface area contributed by atoms with Gasteiger partial charge in [-0.2, -0.15) is 5.26 Å². The number of amides is 1. The van der Waals surface area contributed by atoms with Crippen LogP contribution in [-0.4, -0.2) is 25.6 Å². The predicted molar refractivity (Wildman–Crippen MR) is 92.6 cm³/mol. The molecule has 0 unspecified atom stereocenters. The summed E-state index contributed by atoms with van der Waals surface area (Å²) in [6.45, 7) is -0.600. The summed E-state index contributed by atoms with van der Waals surface area (Å²) in [4.78, 5) is 23.7. The van der Waals surface area contributed by atoms with E-state index in [1.54, 1.807) is 30.3 Å². The summed E-state index contributed by atoms with van der Waals surface area (Å²) >= 11 is 0. The number of carbonyl (C=O) groups excluding carboxylic acids is 2. The fourth-order valence-corrected chi connectivity index (χ4v) is 1.98. The van der Waals surface area contributed by atoms with E-state index in [2.05, 4.69) is 5.32 Å². The van der Waals surface area contributed by atoms with Crippen LogP contribution in [0, 0.1) is 17.1 Å². The van der Waals surface area contributed by atoms with Gasteiger partial charge in [-0.05, 0) is 42.0 Å². The van der Waals surface area contributed by atoms with Gasteiger partial charge in [-0.15, -0.1) is 0 Å². The lowest BCUT2D eigenvalue weighted by atomic mass is 10.1. The van der Waals surface area contributed by atoms with Crippen molar-refractivity contribution in [3.8, 4) is 11.8 Å². The van der Waals surface area contributed by atoms with Crippen molar-refractivity contribution in [3.05, 3.63) is 65.5 Å². The van der Waals surface area contributed by atoms with Crippen molar-refractivity contribution >= 4 is 23.6 Å². The lowest BCUT2D eigenvalue weighted by molar-refractivity contribution is -0.142. The Bertz CT molecular complexity index is 870. The molecule has 0 saturated carbocycles. The largest absolute Gasteiger partial charge is 0.497 e. The van der Waals surface area contributed by atoms with Gasteiger partial charge in [0.1, 0.15) is 23.2 Å². The highest BCUT2D eigenvalue weighted by Crippen LogP contribution is 2.14. The number of ether oxygens (including phenoxy) is 2. The Hall–Kier alpha value is -3.66. The number of hydrogen-bond donors (Lipinski definition) is 1. The number of halogens is 1. The number of methoxy groups -OCH3 is 1. The third kappa shape index (κ3) is 5.46. The van der Waals surface area contributed by atoms with Gasteiger partial charge >= 0.3 is 5.97 Å². The van der Waals surface area contributed by atoms with Gasteiger partial charge in [0.05, 0.1) is 7.11 Å². The Morgan fingerprint density at radius 1 is 1.23 bits per heavy atom. The van der Waals surface area contributed by atoms with Crippen molar-refractivity contribution in [3.63, 3.8) is 0 Å². The van der Waals surface area contributed by atoms with Crippen LogP contribution in [0.4, 0.5) is 10.1 Å². The van der Waals surface area contributed by atoms with Crippen LogP contribution in [0.2, 0.25) is 0 Å². The van der Waals surface area contributed by atoms with E-state index in [0.717, 1.165) is 6.07 Å². The average Bonchev–Trinajstić information content (AvgIpc) is 2.64. The summed E-state index contributed by atoms with van der Waals surface area (Å²) in [6.07, 6.45) is 1.34. The molecule has 0 spiro atoms. The van der Waals surface area contributed by atoms with E-state index >= 15 is 0 Å². The normalized spacial score (nSPS) is 10.6. The second kappa shape index (κ2) is 8.99. The Morgan fingerprint density at radius 3 is 2.58 bits per heavy atom. The topological polar surface area (TPSA) is 88.4 Å². The SMILES string of the molecule is COc1ccc(/C=C(\C#N)C(=O)OCC(=O)Nc2cccc(F)c2)cc1. The highest BCUT2D eigenvalue weighted by atomic mass is 19.1. The van der Waals surface area contributed by atoms with Crippen LogP contribution >= 0.6 is 0 Å². The first-order valence-corrected chi connectivity index (χ1v) is 7.50. The molecule has 26 heavy (non-hydrogen) atoms. The van der Waals surface area contributed by atoms with Crippen LogP contribution < -0.4 is 10.1 Å². The molecule has 0 heterocycles. The number of nitrogens with zero attached hydrogens (tertiary/aromatic N) is 1. The number of benzene rings is 2. The first-order chi connectivity index (χ1) is 12.5. The van der Waals surface area contributed by atoms with Crippen LogP contribution in [0.15, 0.2) is 54.1 Å². The maximum atomic E-state index is 13.0. The molecule has 2 aromatic carbocycles. The molecule has 0 saturated heterocycles. The van der Waals surface area contributed by atoms with E-state index in [0.29, 0.717) is 11.3 Å². The molecule has 7 heteroatoms. The molecule has 0 fully saturated rings. The van der Waals surface area contributed by atoms with Crippen molar-refractivity contribution in [2.45, 2.75) is 0 Å². The molecule has 6 nitrogen and oxygen atoms in total. The van der Waals surface area contributed by atoms with E-state index in [1.807, 2.05) is 0 Å². The third-order valence-corrected chi connectivity index (χ3v) is 3.21. The Labute approximate surface area is 149 Å². The molecule has 2 rings (SSSR count). The first kappa shape index (κ1) is 18.7. The summed E-state index contributed by atoms with van der Waals surface area (Å²) in [7, 11) is 1.53. The zero-order chi connectivity index (χ0) is 18.9. The van der Waals surface area contributed by atoms with Gasteiger partial charge in [0.25, 0.3) is 5.91 Å². The minimum Gasteiger partial charge on any atom is -0.497 e. The number of carbonyl (C=O) groups is 2.